The fraction of sp³-hybridized carbons (Fsp3) is 0.375. The lowest BCUT2D eigenvalue weighted by Crippen LogP contribution is -2.10. The van der Waals surface area contributed by atoms with E-state index in [1.807, 2.05) is 0 Å². The highest BCUT2D eigenvalue weighted by molar-refractivity contribution is 5.28. The van der Waals surface area contributed by atoms with Crippen molar-refractivity contribution in [3.05, 3.63) is 29.2 Å². The van der Waals surface area contributed by atoms with E-state index in [0.29, 0.717) is 6.42 Å². The predicted molar refractivity (Wildman–Crippen MR) is 37.4 cm³/mol. The van der Waals surface area contributed by atoms with E-state index in [0.717, 1.165) is 6.08 Å². The zero-order chi connectivity index (χ0) is 9.19. The molecule has 0 saturated carbocycles. The number of alkyl halides is 3. The lowest BCUT2D eigenvalue weighted by molar-refractivity contribution is -0.0882. The van der Waals surface area contributed by atoms with Crippen LogP contribution in [0.15, 0.2) is 29.2 Å². The molecule has 12 heavy (non-hydrogen) atoms. The molecule has 0 spiro atoms. The van der Waals surface area contributed by atoms with Crippen molar-refractivity contribution in [2.24, 2.45) is 0 Å². The predicted octanol–water partition coefficient (Wildman–Crippen LogP) is 2.56. The van der Waals surface area contributed by atoms with Gasteiger partial charge in [0.05, 0.1) is 7.11 Å². The Morgan fingerprint density at radius 2 is 2.17 bits per heavy atom. The highest BCUT2D eigenvalue weighted by atomic mass is 19.4. The van der Waals surface area contributed by atoms with Gasteiger partial charge >= 0.3 is 6.18 Å². The molecule has 0 saturated heterocycles. The van der Waals surface area contributed by atoms with Crippen LogP contribution in [-0.4, -0.2) is 13.3 Å². The molecule has 0 amide bonds. The number of halogens is 3. The summed E-state index contributed by atoms with van der Waals surface area (Å²) in [5.41, 5.74) is 1.36. The van der Waals surface area contributed by atoms with Gasteiger partial charge in [0.25, 0.3) is 0 Å². The first-order valence-electron chi connectivity index (χ1n) is 3.31. The molecule has 0 aromatic heterocycles. The van der Waals surface area contributed by atoms with Gasteiger partial charge in [0.2, 0.25) is 0 Å². The average Bonchev–Trinajstić information content (AvgIpc) is 2.03. The van der Waals surface area contributed by atoms with E-state index in [1.54, 1.807) is 0 Å². The van der Waals surface area contributed by atoms with Crippen LogP contribution in [0.4, 0.5) is 13.2 Å². The monoisotopic (exact) mass is 176 g/mol. The second kappa shape index (κ2) is 3.07. The maximum atomic E-state index is 12.0. The molecular weight excluding hydrogens is 169 g/mol. The van der Waals surface area contributed by atoms with Crippen molar-refractivity contribution in [3.63, 3.8) is 0 Å². The number of rotatable bonds is 1. The number of hydrogen-bond donors (Lipinski definition) is 0. The summed E-state index contributed by atoms with van der Waals surface area (Å²) in [4.78, 5) is 0. The third-order valence-corrected chi connectivity index (χ3v) is 1.41. The largest absolute Gasteiger partial charge is 0.493 e. The molecule has 0 aromatic rings. The Balaban J connectivity index is 3.03. The fourth-order valence-corrected chi connectivity index (χ4v) is 0.826. The molecule has 66 valence electrons. The first-order valence-corrected chi connectivity index (χ1v) is 3.31. The zero-order valence-electron chi connectivity index (χ0n) is 6.40. The van der Waals surface area contributed by atoms with Crippen molar-refractivity contribution >= 4 is 0 Å². The number of hydrogen-bond acceptors (Lipinski definition) is 1. The molecule has 0 unspecified atom stereocenters. The molecule has 1 aliphatic rings. The molecule has 1 rings (SSSR count). The Labute approximate surface area is 67.8 Å². The van der Waals surface area contributed by atoms with Gasteiger partial charge < -0.3 is 4.74 Å². The molecule has 1 nitrogen and oxygen atoms in total. The van der Waals surface area contributed by atoms with Gasteiger partial charge in [-0.05, 0) is 6.08 Å². The molecule has 0 atom stereocenters. The van der Waals surface area contributed by atoms with Gasteiger partial charge in [0.15, 0.2) is 0 Å². The summed E-state index contributed by atoms with van der Waals surface area (Å²) in [6, 6.07) is 0. The van der Waals surface area contributed by atoms with E-state index in [4.69, 9.17) is 0 Å². The van der Waals surface area contributed by atoms with Crippen LogP contribution in [0.2, 0.25) is 0 Å². The van der Waals surface area contributed by atoms with Crippen LogP contribution in [0.25, 0.3) is 0 Å². The summed E-state index contributed by atoms with van der Waals surface area (Å²) in [6.07, 6.45) is -1.56. The molecule has 1 aliphatic carbocycles. The molecule has 4 heteroatoms. The topological polar surface area (TPSA) is 9.23 Å². The van der Waals surface area contributed by atoms with Gasteiger partial charge in [-0.3, -0.25) is 0 Å². The highest BCUT2D eigenvalue weighted by Crippen LogP contribution is 2.28. The SMILES string of the molecule is COC1=C=C(C(F)(F)F)C=CC1. The van der Waals surface area contributed by atoms with Crippen LogP contribution in [0.1, 0.15) is 6.42 Å². The normalized spacial score (nSPS) is 17.0. The zero-order valence-corrected chi connectivity index (χ0v) is 6.40. The van der Waals surface area contributed by atoms with Crippen LogP contribution < -0.4 is 0 Å². The molecule has 0 heterocycles. The maximum absolute atomic E-state index is 12.0. The first-order chi connectivity index (χ1) is 5.54. The molecule has 0 bridgehead atoms. The Bertz CT molecular complexity index is 267. The molecule has 0 radical (unpaired) electrons. The highest BCUT2D eigenvalue weighted by Gasteiger charge is 2.32. The summed E-state index contributed by atoms with van der Waals surface area (Å²) >= 11 is 0. The lowest BCUT2D eigenvalue weighted by atomic mass is 10.1. The van der Waals surface area contributed by atoms with Gasteiger partial charge in [-0.1, -0.05) is 11.8 Å². The Kier molecular flexibility index (Phi) is 2.29. The average molecular weight is 176 g/mol. The third-order valence-electron chi connectivity index (χ3n) is 1.41. The van der Waals surface area contributed by atoms with Crippen molar-refractivity contribution < 1.29 is 17.9 Å². The number of allylic oxidation sites excluding steroid dienone is 2. The maximum Gasteiger partial charge on any atom is 0.423 e. The second-order valence-electron chi connectivity index (χ2n) is 2.27. The van der Waals surface area contributed by atoms with Gasteiger partial charge in [-0.15, -0.1) is 0 Å². The van der Waals surface area contributed by atoms with Crippen molar-refractivity contribution in [1.29, 1.82) is 0 Å². The van der Waals surface area contributed by atoms with Crippen molar-refractivity contribution in [2.45, 2.75) is 12.6 Å². The molecule has 0 fully saturated rings. The number of methoxy groups -OCH3 is 1. The Morgan fingerprint density at radius 3 is 2.67 bits per heavy atom. The van der Waals surface area contributed by atoms with Crippen molar-refractivity contribution in [3.8, 4) is 0 Å². The van der Waals surface area contributed by atoms with Crippen LogP contribution in [0.3, 0.4) is 0 Å². The van der Waals surface area contributed by atoms with Gasteiger partial charge in [0, 0.05) is 6.42 Å². The van der Waals surface area contributed by atoms with Crippen LogP contribution in [0.5, 0.6) is 0 Å². The third kappa shape index (κ3) is 1.92. The van der Waals surface area contributed by atoms with Crippen LogP contribution in [-0.2, 0) is 4.74 Å². The standard InChI is InChI=1S/C8H7F3O/c1-12-7-4-2-3-6(5-7)8(9,10)11/h2-3H,4H2,1H3. The summed E-state index contributed by atoms with van der Waals surface area (Å²) in [7, 11) is 1.33. The molecule has 0 aromatic carbocycles. The van der Waals surface area contributed by atoms with Crippen LogP contribution >= 0.6 is 0 Å². The summed E-state index contributed by atoms with van der Waals surface area (Å²) in [6.45, 7) is 0. The van der Waals surface area contributed by atoms with E-state index >= 15 is 0 Å². The smallest absolute Gasteiger partial charge is 0.423 e. The minimum absolute atomic E-state index is 0.213. The van der Waals surface area contributed by atoms with Crippen LogP contribution in [0, 0.1) is 0 Å². The minimum atomic E-state index is -4.33. The van der Waals surface area contributed by atoms with E-state index in [1.165, 1.54) is 13.2 Å². The summed E-state index contributed by atoms with van der Waals surface area (Å²) in [5.74, 6) is 0.213. The van der Waals surface area contributed by atoms with Crippen molar-refractivity contribution in [1.82, 2.24) is 0 Å². The quantitative estimate of drug-likeness (QED) is 0.558. The van der Waals surface area contributed by atoms with Crippen molar-refractivity contribution in [2.75, 3.05) is 7.11 Å². The van der Waals surface area contributed by atoms with E-state index < -0.39 is 11.7 Å². The van der Waals surface area contributed by atoms with Gasteiger partial charge in [0.1, 0.15) is 11.3 Å². The minimum Gasteiger partial charge on any atom is -0.493 e. The molecule has 0 aliphatic heterocycles. The summed E-state index contributed by atoms with van der Waals surface area (Å²) in [5, 5.41) is 0. The van der Waals surface area contributed by atoms with E-state index in [-0.39, 0.29) is 5.76 Å². The van der Waals surface area contributed by atoms with Gasteiger partial charge in [-0.25, -0.2) is 0 Å². The summed E-state index contributed by atoms with van der Waals surface area (Å²) < 4.78 is 40.7. The van der Waals surface area contributed by atoms with E-state index in [9.17, 15) is 13.2 Å². The number of ether oxygens (including phenoxy) is 1. The lowest BCUT2D eigenvalue weighted by Gasteiger charge is -2.09. The van der Waals surface area contributed by atoms with Gasteiger partial charge in [-0.2, -0.15) is 13.2 Å². The fourth-order valence-electron chi connectivity index (χ4n) is 0.826. The molecular formula is C8H7F3O. The Hall–Kier alpha value is -1.15. The van der Waals surface area contributed by atoms with E-state index in [2.05, 4.69) is 10.5 Å². The first kappa shape index (κ1) is 8.94. The Morgan fingerprint density at radius 1 is 1.50 bits per heavy atom. The molecule has 0 N–H and O–H groups in total. The second-order valence-corrected chi connectivity index (χ2v) is 2.27.